The van der Waals surface area contributed by atoms with Gasteiger partial charge in [-0.05, 0) is 30.3 Å². The van der Waals surface area contributed by atoms with Gasteiger partial charge in [0.05, 0.1) is 18.4 Å². The summed E-state index contributed by atoms with van der Waals surface area (Å²) in [6.07, 6.45) is 2.19. The lowest BCUT2D eigenvalue weighted by molar-refractivity contribution is 0.0502. The maximum absolute atomic E-state index is 12.6. The minimum absolute atomic E-state index is 0.00240. The summed E-state index contributed by atoms with van der Waals surface area (Å²) in [5.41, 5.74) is 1.77. The number of ether oxygens (including phenoxy) is 3. The SMILES string of the molecule is COCOc1ccccc1C(=O)CCc1coc(-c2ccc(OC)c(O)c2)n1. The number of aryl methyl sites for hydroxylation is 1. The predicted molar refractivity (Wildman–Crippen MR) is 102 cm³/mol. The van der Waals surface area contributed by atoms with Crippen LogP contribution in [-0.4, -0.2) is 36.9 Å². The monoisotopic (exact) mass is 383 g/mol. The minimum Gasteiger partial charge on any atom is -0.504 e. The first-order chi connectivity index (χ1) is 13.6. The third kappa shape index (κ3) is 4.50. The standard InChI is InChI=1S/C21H21NO6/c1-25-13-28-19-6-4-3-5-16(19)17(23)9-8-15-12-27-21(22-15)14-7-10-20(26-2)18(24)11-14/h3-7,10-12,24H,8-9,13H2,1-2H3. The van der Waals surface area contributed by atoms with Gasteiger partial charge in [-0.25, -0.2) is 4.98 Å². The van der Waals surface area contributed by atoms with E-state index in [0.29, 0.717) is 40.6 Å². The molecule has 2 aromatic carbocycles. The van der Waals surface area contributed by atoms with E-state index in [-0.39, 0.29) is 24.7 Å². The summed E-state index contributed by atoms with van der Waals surface area (Å²) in [6.45, 7) is 0.0750. The number of aromatic nitrogens is 1. The number of phenolic OH excluding ortho intramolecular Hbond substituents is 1. The van der Waals surface area contributed by atoms with Crippen LogP contribution in [0.5, 0.6) is 17.2 Å². The number of benzene rings is 2. The number of hydrogen-bond donors (Lipinski definition) is 1. The smallest absolute Gasteiger partial charge is 0.226 e. The van der Waals surface area contributed by atoms with Gasteiger partial charge in [-0.1, -0.05) is 12.1 Å². The van der Waals surface area contributed by atoms with Crippen LogP contribution in [0.15, 0.2) is 53.1 Å². The van der Waals surface area contributed by atoms with Gasteiger partial charge in [-0.2, -0.15) is 0 Å². The van der Waals surface area contributed by atoms with Crippen molar-refractivity contribution in [2.75, 3.05) is 21.0 Å². The molecule has 0 saturated carbocycles. The molecule has 0 radical (unpaired) electrons. The van der Waals surface area contributed by atoms with E-state index in [2.05, 4.69) is 4.98 Å². The molecule has 146 valence electrons. The van der Waals surface area contributed by atoms with E-state index in [4.69, 9.17) is 18.6 Å². The Morgan fingerprint density at radius 3 is 2.71 bits per heavy atom. The molecule has 0 spiro atoms. The number of carbonyl (C=O) groups excluding carboxylic acids is 1. The van der Waals surface area contributed by atoms with E-state index in [1.54, 1.807) is 36.4 Å². The summed E-state index contributed by atoms with van der Waals surface area (Å²) >= 11 is 0. The van der Waals surface area contributed by atoms with Crippen molar-refractivity contribution in [1.29, 1.82) is 0 Å². The molecule has 28 heavy (non-hydrogen) atoms. The molecule has 0 unspecified atom stereocenters. The highest BCUT2D eigenvalue weighted by Gasteiger charge is 2.15. The lowest BCUT2D eigenvalue weighted by atomic mass is 10.0. The fraction of sp³-hybridized carbons (Fsp3) is 0.238. The van der Waals surface area contributed by atoms with E-state index in [1.165, 1.54) is 26.5 Å². The van der Waals surface area contributed by atoms with Crippen molar-refractivity contribution in [3.05, 3.63) is 60.0 Å². The van der Waals surface area contributed by atoms with Crippen LogP contribution in [0.2, 0.25) is 0 Å². The molecule has 1 aromatic heterocycles. The van der Waals surface area contributed by atoms with Crippen LogP contribution in [0, 0.1) is 0 Å². The Bertz CT molecular complexity index is 950. The molecular weight excluding hydrogens is 362 g/mol. The van der Waals surface area contributed by atoms with E-state index >= 15 is 0 Å². The van der Waals surface area contributed by atoms with Crippen LogP contribution in [0.25, 0.3) is 11.5 Å². The molecule has 3 rings (SSSR count). The summed E-state index contributed by atoms with van der Waals surface area (Å²) in [7, 11) is 3.00. The van der Waals surface area contributed by atoms with Crippen molar-refractivity contribution in [2.24, 2.45) is 0 Å². The topological polar surface area (TPSA) is 91.0 Å². The van der Waals surface area contributed by atoms with Crippen molar-refractivity contribution in [2.45, 2.75) is 12.8 Å². The number of hydrogen-bond acceptors (Lipinski definition) is 7. The number of para-hydroxylation sites is 1. The van der Waals surface area contributed by atoms with Crippen molar-refractivity contribution >= 4 is 5.78 Å². The van der Waals surface area contributed by atoms with Gasteiger partial charge in [0.15, 0.2) is 24.1 Å². The molecule has 0 fully saturated rings. The van der Waals surface area contributed by atoms with Crippen molar-refractivity contribution in [3.63, 3.8) is 0 Å². The molecule has 0 aliphatic carbocycles. The summed E-state index contributed by atoms with van der Waals surface area (Å²) < 4.78 is 20.8. The maximum atomic E-state index is 12.6. The number of aromatic hydroxyl groups is 1. The van der Waals surface area contributed by atoms with Gasteiger partial charge >= 0.3 is 0 Å². The number of nitrogens with zero attached hydrogens (tertiary/aromatic N) is 1. The van der Waals surface area contributed by atoms with Crippen LogP contribution < -0.4 is 9.47 Å². The second-order valence-corrected chi connectivity index (χ2v) is 6.00. The normalized spacial score (nSPS) is 10.6. The van der Waals surface area contributed by atoms with Gasteiger partial charge in [0.2, 0.25) is 5.89 Å². The molecule has 1 heterocycles. The number of phenols is 1. The van der Waals surface area contributed by atoms with Gasteiger partial charge < -0.3 is 23.7 Å². The van der Waals surface area contributed by atoms with Crippen molar-refractivity contribution in [3.8, 4) is 28.7 Å². The summed E-state index contributed by atoms with van der Waals surface area (Å²) in [5.74, 6) is 1.17. The molecule has 0 saturated heterocycles. The largest absolute Gasteiger partial charge is 0.504 e. The fourth-order valence-corrected chi connectivity index (χ4v) is 2.70. The maximum Gasteiger partial charge on any atom is 0.226 e. The summed E-state index contributed by atoms with van der Waals surface area (Å²) in [4.78, 5) is 17.0. The zero-order valence-corrected chi connectivity index (χ0v) is 15.7. The molecule has 3 aromatic rings. The summed E-state index contributed by atoms with van der Waals surface area (Å²) in [5, 5.41) is 9.89. The molecule has 0 aliphatic rings. The predicted octanol–water partition coefficient (Wildman–Crippen LogP) is 3.85. The average Bonchev–Trinajstić information content (AvgIpc) is 3.19. The number of ketones is 1. The van der Waals surface area contributed by atoms with Crippen LogP contribution in [-0.2, 0) is 11.2 Å². The molecule has 0 bridgehead atoms. The Morgan fingerprint density at radius 2 is 1.96 bits per heavy atom. The fourth-order valence-electron chi connectivity index (χ4n) is 2.70. The highest BCUT2D eigenvalue weighted by Crippen LogP contribution is 2.31. The first-order valence-corrected chi connectivity index (χ1v) is 8.68. The number of rotatable bonds is 9. The van der Waals surface area contributed by atoms with E-state index in [9.17, 15) is 9.90 Å². The second kappa shape index (κ2) is 9.05. The van der Waals surface area contributed by atoms with E-state index in [0.717, 1.165) is 0 Å². The van der Waals surface area contributed by atoms with Gasteiger partial charge in [0, 0.05) is 25.5 Å². The Balaban J connectivity index is 1.66. The lowest BCUT2D eigenvalue weighted by Crippen LogP contribution is -2.07. The van der Waals surface area contributed by atoms with Crippen LogP contribution >= 0.6 is 0 Å². The minimum atomic E-state index is -0.0571. The van der Waals surface area contributed by atoms with Gasteiger partial charge in [-0.15, -0.1) is 0 Å². The molecule has 0 atom stereocenters. The highest BCUT2D eigenvalue weighted by molar-refractivity contribution is 5.98. The number of carbonyl (C=O) groups is 1. The highest BCUT2D eigenvalue weighted by atomic mass is 16.7. The van der Waals surface area contributed by atoms with Gasteiger partial charge in [-0.3, -0.25) is 4.79 Å². The zero-order chi connectivity index (χ0) is 19.9. The lowest BCUT2D eigenvalue weighted by Gasteiger charge is -2.09. The van der Waals surface area contributed by atoms with E-state index < -0.39 is 0 Å². The zero-order valence-electron chi connectivity index (χ0n) is 15.7. The van der Waals surface area contributed by atoms with Crippen LogP contribution in [0.4, 0.5) is 0 Å². The third-order valence-electron chi connectivity index (χ3n) is 4.11. The first-order valence-electron chi connectivity index (χ1n) is 8.68. The first kappa shape index (κ1) is 19.4. The Morgan fingerprint density at radius 1 is 1.14 bits per heavy atom. The second-order valence-electron chi connectivity index (χ2n) is 6.00. The van der Waals surface area contributed by atoms with Crippen molar-refractivity contribution < 1.29 is 28.5 Å². The van der Waals surface area contributed by atoms with E-state index in [1.807, 2.05) is 0 Å². The third-order valence-corrected chi connectivity index (χ3v) is 4.11. The Hall–Kier alpha value is -3.32. The molecule has 0 amide bonds. The molecule has 1 N–H and O–H groups in total. The molecular formula is C21H21NO6. The van der Waals surface area contributed by atoms with Gasteiger partial charge in [0.1, 0.15) is 12.0 Å². The summed E-state index contributed by atoms with van der Waals surface area (Å²) in [6, 6.07) is 11.9. The number of oxazole rings is 1. The van der Waals surface area contributed by atoms with Gasteiger partial charge in [0.25, 0.3) is 0 Å². The number of methoxy groups -OCH3 is 2. The average molecular weight is 383 g/mol. The Labute approximate surface area is 162 Å². The van der Waals surface area contributed by atoms with Crippen LogP contribution in [0.3, 0.4) is 0 Å². The van der Waals surface area contributed by atoms with Crippen LogP contribution in [0.1, 0.15) is 22.5 Å². The Kier molecular flexibility index (Phi) is 6.29. The molecule has 7 nitrogen and oxygen atoms in total. The number of Topliss-reactive ketones (excluding diaryl/α,β-unsaturated/α-hetero) is 1. The quantitative estimate of drug-likeness (QED) is 0.443. The molecule has 0 aliphatic heterocycles. The van der Waals surface area contributed by atoms with Crippen molar-refractivity contribution in [1.82, 2.24) is 4.98 Å². The molecule has 7 heteroatoms.